The number of amides is 2. The first-order valence-electron chi connectivity index (χ1n) is 9.77. The van der Waals surface area contributed by atoms with Crippen LogP contribution in [0.1, 0.15) is 32.6 Å². The third kappa shape index (κ3) is 6.75. The normalized spacial score (nSPS) is 27.2. The molecular weight excluding hydrogens is 391 g/mol. The number of rotatable bonds is 5. The summed E-state index contributed by atoms with van der Waals surface area (Å²) in [5, 5.41) is 6.31. The van der Waals surface area contributed by atoms with E-state index in [1.54, 1.807) is 0 Å². The Kier molecular flexibility index (Phi) is 10.9. The van der Waals surface area contributed by atoms with Crippen molar-refractivity contribution in [3.63, 3.8) is 0 Å². The molecule has 3 atom stereocenters. The maximum Gasteiger partial charge on any atom is 0.239 e. The van der Waals surface area contributed by atoms with Crippen molar-refractivity contribution in [3.8, 4) is 0 Å². The number of carbonyl (C=O) groups is 2. The van der Waals surface area contributed by atoms with Crippen molar-refractivity contribution in [2.45, 2.75) is 44.7 Å². The number of halogens is 2. The Morgan fingerprint density at radius 3 is 2.56 bits per heavy atom. The summed E-state index contributed by atoms with van der Waals surface area (Å²) in [4.78, 5) is 29.2. The van der Waals surface area contributed by atoms with E-state index in [0.717, 1.165) is 58.4 Å². The number of nitrogens with one attached hydrogen (secondary N) is 2. The summed E-state index contributed by atoms with van der Waals surface area (Å²) < 4.78 is 5.38. The number of piperidine rings is 1. The second-order valence-corrected chi connectivity index (χ2v) is 7.51. The van der Waals surface area contributed by atoms with E-state index in [0.29, 0.717) is 25.7 Å². The van der Waals surface area contributed by atoms with E-state index in [1.165, 1.54) is 0 Å². The summed E-state index contributed by atoms with van der Waals surface area (Å²) in [6.45, 7) is 8.28. The zero-order chi connectivity index (χ0) is 17.6. The number of nitrogens with zero attached hydrogens (tertiary/aromatic N) is 2. The minimum absolute atomic E-state index is 0. The highest BCUT2D eigenvalue weighted by molar-refractivity contribution is 5.85. The molecule has 0 aromatic rings. The lowest BCUT2D eigenvalue weighted by Gasteiger charge is -2.38. The molecule has 0 saturated carbocycles. The summed E-state index contributed by atoms with van der Waals surface area (Å²) in [6, 6.07) is -0.109. The van der Waals surface area contributed by atoms with Gasteiger partial charge in [0.1, 0.15) is 0 Å². The van der Waals surface area contributed by atoms with Crippen molar-refractivity contribution >= 4 is 36.6 Å². The lowest BCUT2D eigenvalue weighted by molar-refractivity contribution is -0.139. The molecule has 0 radical (unpaired) electrons. The van der Waals surface area contributed by atoms with Crippen LogP contribution in [-0.2, 0) is 14.3 Å². The number of carbonyl (C=O) groups excluding carboxylic acids is 2. The number of likely N-dealkylation sites (tertiary alicyclic amines) is 1. The fourth-order valence-corrected chi connectivity index (χ4v) is 4.09. The summed E-state index contributed by atoms with van der Waals surface area (Å²) in [7, 11) is 0. The summed E-state index contributed by atoms with van der Waals surface area (Å²) in [5.41, 5.74) is 0. The van der Waals surface area contributed by atoms with Gasteiger partial charge < -0.3 is 20.3 Å². The van der Waals surface area contributed by atoms with Crippen LogP contribution in [0.4, 0.5) is 0 Å². The number of hydrogen-bond acceptors (Lipinski definition) is 5. The highest BCUT2D eigenvalue weighted by Crippen LogP contribution is 2.18. The molecule has 2 N–H and O–H groups in total. The van der Waals surface area contributed by atoms with Gasteiger partial charge in [0.2, 0.25) is 11.8 Å². The lowest BCUT2D eigenvalue weighted by Crippen LogP contribution is -2.53. The van der Waals surface area contributed by atoms with Crippen molar-refractivity contribution in [3.05, 3.63) is 0 Å². The molecule has 7 nitrogen and oxygen atoms in total. The van der Waals surface area contributed by atoms with Gasteiger partial charge in [0.15, 0.2) is 0 Å². The third-order valence-electron chi connectivity index (χ3n) is 5.72. The first-order valence-corrected chi connectivity index (χ1v) is 9.77. The van der Waals surface area contributed by atoms with Crippen LogP contribution in [0.5, 0.6) is 0 Å². The van der Waals surface area contributed by atoms with Crippen LogP contribution in [0.2, 0.25) is 0 Å². The van der Waals surface area contributed by atoms with Crippen LogP contribution >= 0.6 is 24.8 Å². The van der Waals surface area contributed by atoms with E-state index < -0.39 is 0 Å². The molecule has 3 unspecified atom stereocenters. The molecule has 3 aliphatic rings. The lowest BCUT2D eigenvalue weighted by atomic mass is 9.97. The van der Waals surface area contributed by atoms with Crippen LogP contribution < -0.4 is 10.6 Å². The maximum absolute atomic E-state index is 12.8. The highest BCUT2D eigenvalue weighted by atomic mass is 35.5. The van der Waals surface area contributed by atoms with Gasteiger partial charge in [-0.3, -0.25) is 14.5 Å². The third-order valence-corrected chi connectivity index (χ3v) is 5.72. The molecular formula is C18H34Cl2N4O3. The largest absolute Gasteiger partial charge is 0.379 e. The molecule has 3 saturated heterocycles. The van der Waals surface area contributed by atoms with E-state index in [4.69, 9.17) is 4.74 Å². The van der Waals surface area contributed by atoms with Crippen molar-refractivity contribution in [2.24, 2.45) is 5.92 Å². The second-order valence-electron chi connectivity index (χ2n) is 7.51. The molecule has 3 fully saturated rings. The zero-order valence-electron chi connectivity index (χ0n) is 16.2. The number of ether oxygens (including phenoxy) is 1. The van der Waals surface area contributed by atoms with Crippen LogP contribution in [0.15, 0.2) is 0 Å². The summed E-state index contributed by atoms with van der Waals surface area (Å²) in [6.07, 6.45) is 4.10. The van der Waals surface area contributed by atoms with Gasteiger partial charge >= 0.3 is 0 Å². The number of hydrogen-bond donors (Lipinski definition) is 2. The maximum atomic E-state index is 12.8. The van der Waals surface area contributed by atoms with Gasteiger partial charge in [-0.1, -0.05) is 0 Å². The quantitative estimate of drug-likeness (QED) is 0.677. The molecule has 0 aliphatic carbocycles. The summed E-state index contributed by atoms with van der Waals surface area (Å²) in [5.74, 6) is 0.693. The Morgan fingerprint density at radius 1 is 1.15 bits per heavy atom. The molecule has 0 aromatic heterocycles. The van der Waals surface area contributed by atoms with E-state index in [2.05, 4.69) is 15.5 Å². The van der Waals surface area contributed by atoms with Gasteiger partial charge in [0.05, 0.1) is 25.3 Å². The monoisotopic (exact) mass is 424 g/mol. The van der Waals surface area contributed by atoms with Gasteiger partial charge in [0.25, 0.3) is 0 Å². The Labute approximate surface area is 174 Å². The van der Waals surface area contributed by atoms with E-state index in [9.17, 15) is 9.59 Å². The topological polar surface area (TPSA) is 73.9 Å². The SMILES string of the molecule is CC(C(=O)N1CCCC(CNC(=O)C2CCCN2)C1)N1CCOCC1.Cl.Cl. The molecule has 3 rings (SSSR count). The van der Waals surface area contributed by atoms with Gasteiger partial charge in [-0.25, -0.2) is 0 Å². The second kappa shape index (κ2) is 12.1. The fraction of sp³-hybridized carbons (Fsp3) is 0.889. The first kappa shape index (κ1) is 24.4. The molecule has 9 heteroatoms. The fourth-order valence-electron chi connectivity index (χ4n) is 4.09. The van der Waals surface area contributed by atoms with Crippen LogP contribution in [0, 0.1) is 5.92 Å². The van der Waals surface area contributed by atoms with E-state index >= 15 is 0 Å². The summed E-state index contributed by atoms with van der Waals surface area (Å²) >= 11 is 0. The van der Waals surface area contributed by atoms with E-state index in [-0.39, 0.29) is 48.7 Å². The minimum Gasteiger partial charge on any atom is -0.379 e. The molecule has 0 spiro atoms. The van der Waals surface area contributed by atoms with Crippen molar-refractivity contribution in [1.29, 1.82) is 0 Å². The molecule has 2 amide bonds. The van der Waals surface area contributed by atoms with Crippen LogP contribution in [0.25, 0.3) is 0 Å². The van der Waals surface area contributed by atoms with Gasteiger partial charge in [-0.15, -0.1) is 24.8 Å². The molecule has 158 valence electrons. The average Bonchev–Trinajstić information content (AvgIpc) is 3.21. The molecule has 3 heterocycles. The smallest absolute Gasteiger partial charge is 0.239 e. The van der Waals surface area contributed by atoms with Gasteiger partial charge in [-0.2, -0.15) is 0 Å². The number of morpholine rings is 1. The van der Waals surface area contributed by atoms with Crippen molar-refractivity contribution in [1.82, 2.24) is 20.4 Å². The van der Waals surface area contributed by atoms with Crippen LogP contribution in [0.3, 0.4) is 0 Å². The van der Waals surface area contributed by atoms with Gasteiger partial charge in [0, 0.05) is 32.7 Å². The Morgan fingerprint density at radius 2 is 1.89 bits per heavy atom. The van der Waals surface area contributed by atoms with E-state index in [1.807, 2.05) is 11.8 Å². The molecule has 0 aromatic carbocycles. The average molecular weight is 425 g/mol. The minimum atomic E-state index is -0.0834. The standard InChI is InChI=1S/C18H32N4O3.2ClH/c1-14(21-8-10-25-11-9-21)18(24)22-7-3-4-15(13-22)12-20-17(23)16-5-2-6-19-16;;/h14-16,19H,2-13H2,1H3,(H,20,23);2*1H. The first-order chi connectivity index (χ1) is 12.1. The van der Waals surface area contributed by atoms with Crippen molar-refractivity contribution in [2.75, 3.05) is 52.5 Å². The Balaban J connectivity index is 0.00000182. The van der Waals surface area contributed by atoms with Crippen LogP contribution in [-0.4, -0.2) is 86.2 Å². The van der Waals surface area contributed by atoms with Gasteiger partial charge in [-0.05, 0) is 45.1 Å². The highest BCUT2D eigenvalue weighted by Gasteiger charge is 2.31. The van der Waals surface area contributed by atoms with Crippen molar-refractivity contribution < 1.29 is 14.3 Å². The zero-order valence-corrected chi connectivity index (χ0v) is 17.8. The Hall–Kier alpha value is -0.600. The molecule has 0 bridgehead atoms. The predicted octanol–water partition coefficient (Wildman–Crippen LogP) is 0.658. The molecule has 27 heavy (non-hydrogen) atoms. The predicted molar refractivity (Wildman–Crippen MR) is 110 cm³/mol. The molecule has 3 aliphatic heterocycles. The Bertz CT molecular complexity index is 472.